The van der Waals surface area contributed by atoms with E-state index in [9.17, 15) is 4.79 Å². The van der Waals surface area contributed by atoms with Crippen molar-refractivity contribution in [3.8, 4) is 0 Å². The van der Waals surface area contributed by atoms with Crippen molar-refractivity contribution in [1.82, 2.24) is 10.4 Å². The molecule has 2 aromatic carbocycles. The van der Waals surface area contributed by atoms with Crippen LogP contribution in [0.3, 0.4) is 0 Å². The highest BCUT2D eigenvalue weighted by molar-refractivity contribution is 7.17. The van der Waals surface area contributed by atoms with Crippen molar-refractivity contribution in [3.05, 3.63) is 71.6 Å². The van der Waals surface area contributed by atoms with Gasteiger partial charge in [0.2, 0.25) is 0 Å². The zero-order valence-electron chi connectivity index (χ0n) is 17.7. The Labute approximate surface area is 187 Å². The van der Waals surface area contributed by atoms with Gasteiger partial charge in [0, 0.05) is 48.0 Å². The second-order valence-corrected chi connectivity index (χ2v) is 8.65. The monoisotopic (exact) mass is 435 g/mol. The van der Waals surface area contributed by atoms with E-state index in [4.69, 9.17) is 4.84 Å². The van der Waals surface area contributed by atoms with Gasteiger partial charge < -0.3 is 4.90 Å². The first kappa shape index (κ1) is 21.6. The van der Waals surface area contributed by atoms with Gasteiger partial charge in [0.25, 0.3) is 5.91 Å². The Morgan fingerprint density at radius 3 is 2.68 bits per heavy atom. The van der Waals surface area contributed by atoms with Gasteiger partial charge in [-0.05, 0) is 54.6 Å². The van der Waals surface area contributed by atoms with Crippen LogP contribution < -0.4 is 10.4 Å². The number of hydroxylamine groups is 1. The zero-order chi connectivity index (χ0) is 21.3. The number of hydrogen-bond donors (Lipinski definition) is 1. The van der Waals surface area contributed by atoms with Crippen LogP contribution in [0.25, 0.3) is 16.2 Å². The lowest BCUT2D eigenvalue weighted by atomic mass is 10.2. The van der Waals surface area contributed by atoms with Gasteiger partial charge in [0.15, 0.2) is 0 Å². The normalized spacial score (nSPS) is 15.0. The average molecular weight is 436 g/mol. The molecule has 3 aromatic rings. The maximum absolute atomic E-state index is 11.8. The van der Waals surface area contributed by atoms with E-state index in [0.717, 1.165) is 51.1 Å². The van der Waals surface area contributed by atoms with E-state index >= 15 is 0 Å². The fourth-order valence-corrected chi connectivity index (χ4v) is 4.68. The number of thiophene rings is 1. The molecular formula is C25H29N3O2S. The Morgan fingerprint density at radius 2 is 1.84 bits per heavy atom. The molecule has 4 rings (SSSR count). The Balaban J connectivity index is 1.09. The molecule has 162 valence electrons. The summed E-state index contributed by atoms with van der Waals surface area (Å²) in [6.07, 6.45) is 5.26. The average Bonchev–Trinajstić information content (AvgIpc) is 3.30. The Hall–Kier alpha value is -2.67. The van der Waals surface area contributed by atoms with Crippen LogP contribution in [0.1, 0.15) is 18.4 Å². The third-order valence-corrected chi connectivity index (χ3v) is 6.44. The van der Waals surface area contributed by atoms with Crippen LogP contribution >= 0.6 is 11.3 Å². The van der Waals surface area contributed by atoms with Crippen LogP contribution in [0.15, 0.2) is 66.1 Å². The maximum Gasteiger partial charge on any atom is 0.267 e. The number of carbonyl (C=O) groups excluding carboxylic acids is 1. The van der Waals surface area contributed by atoms with Gasteiger partial charge in [0.05, 0.1) is 6.61 Å². The first-order valence-corrected chi connectivity index (χ1v) is 11.8. The molecule has 1 saturated heterocycles. The van der Waals surface area contributed by atoms with Crippen molar-refractivity contribution >= 4 is 39.1 Å². The van der Waals surface area contributed by atoms with Gasteiger partial charge in [-0.25, -0.2) is 5.48 Å². The first-order chi connectivity index (χ1) is 15.3. The predicted octanol–water partition coefficient (Wildman–Crippen LogP) is 4.56. The molecule has 5 nitrogen and oxygen atoms in total. The topological polar surface area (TPSA) is 44.8 Å². The third-order valence-electron chi connectivity index (χ3n) is 5.56. The van der Waals surface area contributed by atoms with Gasteiger partial charge in [-0.15, -0.1) is 11.3 Å². The third kappa shape index (κ3) is 6.17. The molecular weight excluding hydrogens is 406 g/mol. The van der Waals surface area contributed by atoms with E-state index in [-0.39, 0.29) is 5.91 Å². The number of fused-ring (bicyclic) bond motifs is 1. The molecule has 0 spiro atoms. The highest BCUT2D eigenvalue weighted by atomic mass is 32.1. The number of nitrogens with one attached hydrogen (secondary N) is 1. The van der Waals surface area contributed by atoms with E-state index in [1.807, 2.05) is 41.7 Å². The van der Waals surface area contributed by atoms with Gasteiger partial charge >= 0.3 is 0 Å². The molecule has 1 N–H and O–H groups in total. The number of unbranched alkanes of at least 4 members (excludes halogenated alkanes) is 1. The van der Waals surface area contributed by atoms with Crippen LogP contribution in [0.4, 0.5) is 5.69 Å². The van der Waals surface area contributed by atoms with Crippen LogP contribution in [0, 0.1) is 0 Å². The standard InChI is InChI=1S/C25H29N3O2S/c29-25(12-11-21-7-2-1-3-8-21)26-30-19-5-4-14-27-15-17-28(18-16-27)23-9-6-10-24-22(23)13-20-31-24/h1-3,6-13,20H,4-5,14-19H2,(H,26,29). The SMILES string of the molecule is O=C(C=Cc1ccccc1)NOCCCCN1CCN(c2cccc3sccc23)CC1. The summed E-state index contributed by atoms with van der Waals surface area (Å²) in [4.78, 5) is 22.1. The molecule has 6 heteroatoms. The molecule has 1 amide bonds. The number of nitrogens with zero attached hydrogens (tertiary/aromatic N) is 2. The fraction of sp³-hybridized carbons (Fsp3) is 0.320. The zero-order valence-corrected chi connectivity index (χ0v) is 18.5. The summed E-state index contributed by atoms with van der Waals surface area (Å²) >= 11 is 1.81. The molecule has 0 bridgehead atoms. The maximum atomic E-state index is 11.8. The molecule has 0 saturated carbocycles. The highest BCUT2D eigenvalue weighted by Gasteiger charge is 2.18. The largest absolute Gasteiger partial charge is 0.368 e. The van der Waals surface area contributed by atoms with Gasteiger partial charge in [-0.2, -0.15) is 0 Å². The van der Waals surface area contributed by atoms with Gasteiger partial charge in [0.1, 0.15) is 0 Å². The van der Waals surface area contributed by atoms with Crippen LogP contribution in [-0.2, 0) is 9.63 Å². The minimum Gasteiger partial charge on any atom is -0.368 e. The summed E-state index contributed by atoms with van der Waals surface area (Å²) in [6.45, 7) is 5.90. The van der Waals surface area contributed by atoms with Crippen LogP contribution in [-0.4, -0.2) is 50.1 Å². The number of amides is 1. The fourth-order valence-electron chi connectivity index (χ4n) is 3.87. The summed E-state index contributed by atoms with van der Waals surface area (Å²) in [6, 6.07) is 18.6. The number of anilines is 1. The number of piperazine rings is 1. The number of carbonyl (C=O) groups is 1. The summed E-state index contributed by atoms with van der Waals surface area (Å²) in [7, 11) is 0. The summed E-state index contributed by atoms with van der Waals surface area (Å²) in [5.74, 6) is -0.236. The van der Waals surface area contributed by atoms with Crippen molar-refractivity contribution in [2.24, 2.45) is 0 Å². The molecule has 0 aliphatic carbocycles. The van der Waals surface area contributed by atoms with Crippen molar-refractivity contribution < 1.29 is 9.63 Å². The second kappa shape index (κ2) is 11.1. The van der Waals surface area contributed by atoms with E-state index in [1.165, 1.54) is 21.8 Å². The number of rotatable bonds is 9. The van der Waals surface area contributed by atoms with Crippen LogP contribution in [0.2, 0.25) is 0 Å². The molecule has 0 atom stereocenters. The van der Waals surface area contributed by atoms with E-state index in [1.54, 1.807) is 6.08 Å². The smallest absolute Gasteiger partial charge is 0.267 e. The lowest BCUT2D eigenvalue weighted by Crippen LogP contribution is -2.46. The molecule has 1 aromatic heterocycles. The second-order valence-electron chi connectivity index (χ2n) is 7.70. The van der Waals surface area contributed by atoms with Gasteiger partial charge in [-0.3, -0.25) is 14.5 Å². The Kier molecular flexibility index (Phi) is 7.71. The molecule has 0 unspecified atom stereocenters. The lowest BCUT2D eigenvalue weighted by molar-refractivity contribution is -0.128. The Bertz CT molecular complexity index is 994. The van der Waals surface area contributed by atoms with E-state index in [2.05, 4.69) is 44.9 Å². The molecule has 2 heterocycles. The lowest BCUT2D eigenvalue weighted by Gasteiger charge is -2.36. The highest BCUT2D eigenvalue weighted by Crippen LogP contribution is 2.31. The van der Waals surface area contributed by atoms with Crippen molar-refractivity contribution in [2.45, 2.75) is 12.8 Å². The predicted molar refractivity (Wildman–Crippen MR) is 129 cm³/mol. The van der Waals surface area contributed by atoms with Crippen molar-refractivity contribution in [2.75, 3.05) is 44.2 Å². The minimum absolute atomic E-state index is 0.236. The molecule has 31 heavy (non-hydrogen) atoms. The Morgan fingerprint density at radius 1 is 1.00 bits per heavy atom. The summed E-state index contributed by atoms with van der Waals surface area (Å²) in [5, 5.41) is 3.55. The van der Waals surface area contributed by atoms with Crippen LogP contribution in [0.5, 0.6) is 0 Å². The van der Waals surface area contributed by atoms with E-state index < -0.39 is 0 Å². The quantitative estimate of drug-likeness (QED) is 0.304. The van der Waals surface area contributed by atoms with Crippen molar-refractivity contribution in [1.29, 1.82) is 0 Å². The minimum atomic E-state index is -0.236. The number of benzene rings is 2. The first-order valence-electron chi connectivity index (χ1n) is 10.9. The molecule has 0 radical (unpaired) electrons. The van der Waals surface area contributed by atoms with Gasteiger partial charge in [-0.1, -0.05) is 36.4 Å². The van der Waals surface area contributed by atoms with Crippen molar-refractivity contribution in [3.63, 3.8) is 0 Å². The molecule has 1 fully saturated rings. The summed E-state index contributed by atoms with van der Waals surface area (Å²) in [5.41, 5.74) is 4.84. The molecule has 1 aliphatic heterocycles. The number of hydrogen-bond acceptors (Lipinski definition) is 5. The van der Waals surface area contributed by atoms with E-state index in [0.29, 0.717) is 6.61 Å². The molecule has 1 aliphatic rings. The summed E-state index contributed by atoms with van der Waals surface area (Å²) < 4.78 is 1.36.